The molecule has 86 valence electrons. The van der Waals surface area contributed by atoms with E-state index in [0.717, 1.165) is 0 Å². The minimum atomic E-state index is -0.882. The van der Waals surface area contributed by atoms with E-state index in [1.54, 1.807) is 0 Å². The van der Waals surface area contributed by atoms with Crippen LogP contribution in [0, 0.1) is 0 Å². The van der Waals surface area contributed by atoms with Crippen molar-refractivity contribution >= 4 is 0 Å². The number of hydrogen-bond acceptors (Lipinski definition) is 1. The molecule has 0 amide bonds. The Hall–Kier alpha value is -0.596. The van der Waals surface area contributed by atoms with Crippen molar-refractivity contribution < 1.29 is 44.7 Å². The van der Waals surface area contributed by atoms with Crippen molar-refractivity contribution in [3.63, 3.8) is 0 Å². The zero-order valence-corrected chi connectivity index (χ0v) is 11.7. The first-order valence-corrected chi connectivity index (χ1v) is 6.30. The second kappa shape index (κ2) is 5.84. The Morgan fingerprint density at radius 2 is 1.18 bits per heavy atom. The zero-order chi connectivity index (χ0) is 10.3. The summed E-state index contributed by atoms with van der Waals surface area (Å²) in [6.07, 6.45) is 0. The van der Waals surface area contributed by atoms with E-state index in [2.05, 4.69) is 24.3 Å². The van der Waals surface area contributed by atoms with Gasteiger partial charge < -0.3 is 24.8 Å². The van der Waals surface area contributed by atoms with Crippen molar-refractivity contribution in [2.45, 2.75) is 4.63 Å². The number of benzene rings is 2. The molecule has 0 N–H and O–H groups in total. The van der Waals surface area contributed by atoms with Crippen LogP contribution in [0.5, 0.6) is 0 Å². The van der Waals surface area contributed by atoms with E-state index in [0.29, 0.717) is 0 Å². The predicted molar refractivity (Wildman–Crippen MR) is 54.4 cm³/mol. The molecule has 3 rings (SSSR count). The molecule has 0 aromatic heterocycles. The molecule has 0 fully saturated rings. The van der Waals surface area contributed by atoms with E-state index in [4.69, 9.17) is 0 Å². The Bertz CT molecular complexity index is 497. The van der Waals surface area contributed by atoms with Crippen LogP contribution >= 0.6 is 0 Å². The van der Waals surface area contributed by atoms with Gasteiger partial charge in [-0.3, -0.25) is 0 Å². The van der Waals surface area contributed by atoms with Gasteiger partial charge in [0.25, 0.3) is 0 Å². The molecule has 0 atom stereocenters. The van der Waals surface area contributed by atoms with Crippen molar-refractivity contribution in [3.05, 3.63) is 59.7 Å². The van der Waals surface area contributed by atoms with Crippen LogP contribution in [-0.2, 0) is 19.9 Å². The first-order valence-electron chi connectivity index (χ1n) is 4.92. The summed E-state index contributed by atoms with van der Waals surface area (Å²) < 4.78 is 11.5. The standard InChI is InChI=1S/C13H9.2ClH.O.V/c1-3-7-12-10(5-1)9-11-6-2-4-8-13(11)12;;;;/h1-9H;2*1H;;/q;;;;+2/p-2. The van der Waals surface area contributed by atoms with Gasteiger partial charge in [-0.2, -0.15) is 0 Å². The molecule has 0 spiro atoms. The summed E-state index contributed by atoms with van der Waals surface area (Å²) in [5, 5.41) is 0. The van der Waals surface area contributed by atoms with Crippen molar-refractivity contribution in [1.82, 2.24) is 0 Å². The molecule has 1 aliphatic carbocycles. The van der Waals surface area contributed by atoms with Crippen LogP contribution in [0.3, 0.4) is 0 Å². The average molecular weight is 303 g/mol. The predicted octanol–water partition coefficient (Wildman–Crippen LogP) is -2.81. The molecule has 0 saturated carbocycles. The third-order valence-electron chi connectivity index (χ3n) is 2.91. The van der Waals surface area contributed by atoms with Crippen molar-refractivity contribution in [2.75, 3.05) is 0 Å². The molecule has 0 bridgehead atoms. The maximum atomic E-state index is 11.4. The summed E-state index contributed by atoms with van der Waals surface area (Å²) in [6, 6.07) is 16.5. The van der Waals surface area contributed by atoms with E-state index in [1.807, 2.05) is 24.3 Å². The molecule has 17 heavy (non-hydrogen) atoms. The molecule has 0 unspecified atom stereocenters. The molecule has 0 saturated heterocycles. The number of fused-ring (bicyclic) bond motifs is 3. The van der Waals surface area contributed by atoms with E-state index < -0.39 is 16.2 Å². The monoisotopic (exact) mass is 302 g/mol. The minimum absolute atomic E-state index is 0. The van der Waals surface area contributed by atoms with Crippen LogP contribution in [-0.4, -0.2) is 0 Å². The fraction of sp³-hybridized carbons (Fsp3) is 0.0769. The van der Waals surface area contributed by atoms with Crippen LogP contribution in [0.1, 0.15) is 15.8 Å². The second-order valence-electron chi connectivity index (χ2n) is 3.68. The van der Waals surface area contributed by atoms with Gasteiger partial charge in [0.2, 0.25) is 0 Å². The molecule has 0 radical (unpaired) electrons. The van der Waals surface area contributed by atoms with Gasteiger partial charge in [-0.1, -0.05) is 0 Å². The number of halogens is 2. The summed E-state index contributed by atoms with van der Waals surface area (Å²) in [5.74, 6) is 0. The van der Waals surface area contributed by atoms with Crippen LogP contribution in [0.15, 0.2) is 48.5 Å². The number of hydrogen-bond donors (Lipinski definition) is 0. The molecular weight excluding hydrogens is 294 g/mol. The fourth-order valence-corrected chi connectivity index (χ4v) is 3.30. The normalized spacial score (nSPS) is 11.5. The van der Waals surface area contributed by atoms with E-state index >= 15 is 0 Å². The van der Waals surface area contributed by atoms with Gasteiger partial charge in [0.15, 0.2) is 0 Å². The Morgan fingerprint density at radius 3 is 1.59 bits per heavy atom. The Labute approximate surface area is 120 Å². The van der Waals surface area contributed by atoms with Gasteiger partial charge in [-0.15, -0.1) is 0 Å². The van der Waals surface area contributed by atoms with Gasteiger partial charge in [0.1, 0.15) is 0 Å². The van der Waals surface area contributed by atoms with Crippen LogP contribution in [0.4, 0.5) is 0 Å². The summed E-state index contributed by atoms with van der Waals surface area (Å²) >= 11 is -0.882. The van der Waals surface area contributed by atoms with E-state index in [-0.39, 0.29) is 29.4 Å². The van der Waals surface area contributed by atoms with Gasteiger partial charge in [0.05, 0.1) is 0 Å². The van der Waals surface area contributed by atoms with Gasteiger partial charge >= 0.3 is 95.3 Å². The van der Waals surface area contributed by atoms with Crippen molar-refractivity contribution in [2.24, 2.45) is 0 Å². The molecule has 0 heterocycles. The molecular formula is C13H9Cl2OV. The first-order chi connectivity index (χ1) is 7.42. The molecule has 4 heteroatoms. The summed E-state index contributed by atoms with van der Waals surface area (Å²) in [6.45, 7) is 0. The maximum absolute atomic E-state index is 11.4. The van der Waals surface area contributed by atoms with Crippen molar-refractivity contribution in [1.29, 1.82) is 0 Å². The van der Waals surface area contributed by atoms with Crippen molar-refractivity contribution in [3.8, 4) is 11.1 Å². The quantitative estimate of drug-likeness (QED) is 0.556. The van der Waals surface area contributed by atoms with Crippen LogP contribution in [0.25, 0.3) is 11.1 Å². The second-order valence-corrected chi connectivity index (χ2v) is 4.82. The molecule has 1 nitrogen and oxygen atoms in total. The third kappa shape index (κ3) is 2.21. The topological polar surface area (TPSA) is 17.1 Å². The zero-order valence-electron chi connectivity index (χ0n) is 8.81. The Morgan fingerprint density at radius 1 is 0.765 bits per heavy atom. The molecule has 1 aliphatic rings. The third-order valence-corrected chi connectivity index (χ3v) is 4.10. The summed E-state index contributed by atoms with van der Waals surface area (Å²) in [5.41, 5.74) is 4.97. The Kier molecular flexibility index (Phi) is 4.97. The van der Waals surface area contributed by atoms with Gasteiger partial charge in [-0.05, 0) is 0 Å². The molecule has 2 aromatic carbocycles. The average Bonchev–Trinajstić information content (AvgIpc) is 2.63. The fourth-order valence-electron chi connectivity index (χ4n) is 2.24. The summed E-state index contributed by atoms with van der Waals surface area (Å²) in [4.78, 5) is 0. The van der Waals surface area contributed by atoms with E-state index in [1.165, 1.54) is 22.3 Å². The van der Waals surface area contributed by atoms with Gasteiger partial charge in [0, 0.05) is 0 Å². The molecule has 0 aliphatic heterocycles. The van der Waals surface area contributed by atoms with Crippen LogP contribution in [0.2, 0.25) is 0 Å². The first kappa shape index (κ1) is 14.5. The SMILES string of the molecule is [Cl-].[Cl-].[O]=[V+2][CH]1c2ccccc2-c2ccccc21. The van der Waals surface area contributed by atoms with Crippen LogP contribution < -0.4 is 24.8 Å². The molecule has 2 aromatic rings. The Balaban J connectivity index is 0.000000722. The summed E-state index contributed by atoms with van der Waals surface area (Å²) in [7, 11) is 0. The van der Waals surface area contributed by atoms with Gasteiger partial charge in [-0.25, -0.2) is 0 Å². The van der Waals surface area contributed by atoms with E-state index in [9.17, 15) is 3.67 Å². The number of rotatable bonds is 1.